The summed E-state index contributed by atoms with van der Waals surface area (Å²) in [5.74, 6) is -0.251. The van der Waals surface area contributed by atoms with Gasteiger partial charge in [0.25, 0.3) is 0 Å². The van der Waals surface area contributed by atoms with E-state index in [1.807, 2.05) is 0 Å². The largest absolute Gasteiger partial charge is 0.418 e. The molecule has 1 saturated carbocycles. The summed E-state index contributed by atoms with van der Waals surface area (Å²) in [5.41, 5.74) is 2.72. The molecule has 0 N–H and O–H groups in total. The summed E-state index contributed by atoms with van der Waals surface area (Å²) < 4.78 is 6.58. The predicted octanol–water partition coefficient (Wildman–Crippen LogP) is 3.26. The van der Waals surface area contributed by atoms with Gasteiger partial charge in [-0.15, -0.1) is 0 Å². The van der Waals surface area contributed by atoms with Crippen LogP contribution in [0.2, 0.25) is 0 Å². The Morgan fingerprint density at radius 1 is 1.21 bits per heavy atom. The van der Waals surface area contributed by atoms with Crippen molar-refractivity contribution >= 4 is 0 Å². The van der Waals surface area contributed by atoms with Gasteiger partial charge in [-0.2, -0.15) is 0 Å². The Morgan fingerprint density at radius 3 is 2.47 bits per heavy atom. The molecule has 0 bridgehead atoms. The van der Waals surface area contributed by atoms with Crippen LogP contribution in [-0.4, -0.2) is 4.57 Å². The van der Waals surface area contributed by atoms with Gasteiger partial charge in [-0.1, -0.05) is 42.7 Å². The molecule has 0 aliphatic heterocycles. The normalized spacial score (nSPS) is 17.7. The molecule has 3 nitrogen and oxygen atoms in total. The quantitative estimate of drug-likeness (QED) is 0.846. The maximum absolute atomic E-state index is 11.6. The standard InChI is InChI=1S/C16H19NO2/c1-13-4-6-14(7-5-13)16(8-2-3-9-16)12-17-10-11-19-15(17)18/h4-7,10-11H,2-3,8-9,12H2,1H3. The van der Waals surface area contributed by atoms with Gasteiger partial charge >= 0.3 is 5.76 Å². The molecule has 2 aromatic rings. The average molecular weight is 257 g/mol. The molecule has 0 saturated heterocycles. The van der Waals surface area contributed by atoms with Gasteiger partial charge in [0.2, 0.25) is 0 Å². The maximum atomic E-state index is 11.6. The van der Waals surface area contributed by atoms with Crippen LogP contribution in [0.4, 0.5) is 0 Å². The zero-order valence-electron chi connectivity index (χ0n) is 11.3. The summed E-state index contributed by atoms with van der Waals surface area (Å²) in [4.78, 5) is 11.6. The molecule has 19 heavy (non-hydrogen) atoms. The SMILES string of the molecule is Cc1ccc(C2(Cn3ccoc3=O)CCCC2)cc1. The minimum Gasteiger partial charge on any atom is -0.416 e. The fourth-order valence-electron chi connectivity index (χ4n) is 3.23. The Bertz CT molecular complexity index is 600. The molecule has 1 aliphatic carbocycles. The molecule has 1 aromatic carbocycles. The summed E-state index contributed by atoms with van der Waals surface area (Å²) in [7, 11) is 0. The second-order valence-electron chi connectivity index (χ2n) is 5.65. The van der Waals surface area contributed by atoms with Crippen molar-refractivity contribution in [2.75, 3.05) is 0 Å². The Morgan fingerprint density at radius 2 is 1.89 bits per heavy atom. The van der Waals surface area contributed by atoms with Crippen LogP contribution in [0.5, 0.6) is 0 Å². The van der Waals surface area contributed by atoms with E-state index in [4.69, 9.17) is 4.42 Å². The van der Waals surface area contributed by atoms with Crippen molar-refractivity contribution in [1.29, 1.82) is 0 Å². The molecular formula is C16H19NO2. The predicted molar refractivity (Wildman–Crippen MR) is 74.3 cm³/mol. The average Bonchev–Trinajstić information content (AvgIpc) is 3.02. The second-order valence-corrected chi connectivity index (χ2v) is 5.65. The van der Waals surface area contributed by atoms with E-state index in [-0.39, 0.29) is 11.2 Å². The molecule has 1 aromatic heterocycles. The minimum atomic E-state index is -0.251. The van der Waals surface area contributed by atoms with Crippen molar-refractivity contribution in [3.8, 4) is 0 Å². The molecular weight excluding hydrogens is 238 g/mol. The Kier molecular flexibility index (Phi) is 3.05. The highest BCUT2D eigenvalue weighted by Crippen LogP contribution is 2.42. The highest BCUT2D eigenvalue weighted by molar-refractivity contribution is 5.29. The molecule has 0 radical (unpaired) electrons. The number of benzene rings is 1. The maximum Gasteiger partial charge on any atom is 0.418 e. The zero-order valence-corrected chi connectivity index (χ0v) is 11.3. The lowest BCUT2D eigenvalue weighted by Crippen LogP contribution is -2.32. The summed E-state index contributed by atoms with van der Waals surface area (Å²) in [5, 5.41) is 0. The van der Waals surface area contributed by atoms with Crippen LogP contribution in [-0.2, 0) is 12.0 Å². The highest BCUT2D eigenvalue weighted by atomic mass is 16.4. The van der Waals surface area contributed by atoms with Gasteiger partial charge in [-0.25, -0.2) is 4.79 Å². The first kappa shape index (κ1) is 12.3. The van der Waals surface area contributed by atoms with E-state index in [0.29, 0.717) is 0 Å². The van der Waals surface area contributed by atoms with E-state index in [9.17, 15) is 4.79 Å². The smallest absolute Gasteiger partial charge is 0.416 e. The molecule has 0 atom stereocenters. The molecule has 1 heterocycles. The number of nitrogens with zero attached hydrogens (tertiary/aromatic N) is 1. The third-order valence-corrected chi connectivity index (χ3v) is 4.34. The van der Waals surface area contributed by atoms with Crippen molar-refractivity contribution in [2.45, 2.75) is 44.6 Å². The lowest BCUT2D eigenvalue weighted by atomic mass is 9.78. The first-order valence-electron chi connectivity index (χ1n) is 6.91. The highest BCUT2D eigenvalue weighted by Gasteiger charge is 2.36. The summed E-state index contributed by atoms with van der Waals surface area (Å²) >= 11 is 0. The van der Waals surface area contributed by atoms with E-state index < -0.39 is 0 Å². The molecule has 1 fully saturated rings. The first-order chi connectivity index (χ1) is 9.20. The molecule has 0 amide bonds. The van der Waals surface area contributed by atoms with Gasteiger partial charge in [0.1, 0.15) is 6.26 Å². The molecule has 1 aliphatic rings. The van der Waals surface area contributed by atoms with Gasteiger partial charge in [0.15, 0.2) is 0 Å². The van der Waals surface area contributed by atoms with E-state index in [0.717, 1.165) is 19.4 Å². The number of aromatic nitrogens is 1. The van der Waals surface area contributed by atoms with E-state index in [1.165, 1.54) is 30.2 Å². The molecule has 0 unspecified atom stereocenters. The fraction of sp³-hybridized carbons (Fsp3) is 0.438. The van der Waals surface area contributed by atoms with Crippen LogP contribution in [0.25, 0.3) is 0 Å². The number of rotatable bonds is 3. The van der Waals surface area contributed by atoms with Gasteiger partial charge in [-0.05, 0) is 25.3 Å². The van der Waals surface area contributed by atoms with E-state index in [2.05, 4.69) is 31.2 Å². The van der Waals surface area contributed by atoms with E-state index in [1.54, 1.807) is 10.8 Å². The summed E-state index contributed by atoms with van der Waals surface area (Å²) in [6.07, 6.45) is 7.99. The minimum absolute atomic E-state index is 0.0986. The van der Waals surface area contributed by atoms with E-state index >= 15 is 0 Å². The summed E-state index contributed by atoms with van der Waals surface area (Å²) in [6, 6.07) is 8.75. The van der Waals surface area contributed by atoms with Crippen molar-refractivity contribution in [1.82, 2.24) is 4.57 Å². The fourth-order valence-corrected chi connectivity index (χ4v) is 3.23. The zero-order chi connectivity index (χ0) is 13.3. The third kappa shape index (κ3) is 2.25. The number of hydrogen-bond donors (Lipinski definition) is 0. The van der Waals surface area contributed by atoms with Gasteiger partial charge < -0.3 is 4.42 Å². The van der Waals surface area contributed by atoms with Crippen LogP contribution in [0.3, 0.4) is 0 Å². The number of aryl methyl sites for hydroxylation is 1. The Labute approximate surface area is 112 Å². The van der Waals surface area contributed by atoms with Gasteiger partial charge in [-0.3, -0.25) is 4.57 Å². The lowest BCUT2D eigenvalue weighted by molar-refractivity contribution is 0.350. The van der Waals surface area contributed by atoms with Gasteiger partial charge in [0.05, 0.1) is 0 Å². The summed E-state index contributed by atoms with van der Waals surface area (Å²) in [6.45, 7) is 2.83. The number of oxazole rings is 1. The molecule has 0 spiro atoms. The second kappa shape index (κ2) is 4.72. The van der Waals surface area contributed by atoms with Crippen LogP contribution >= 0.6 is 0 Å². The van der Waals surface area contributed by atoms with Crippen LogP contribution in [0.1, 0.15) is 36.8 Å². The van der Waals surface area contributed by atoms with Crippen molar-refractivity contribution in [3.05, 3.63) is 58.4 Å². The van der Waals surface area contributed by atoms with Crippen molar-refractivity contribution < 1.29 is 4.42 Å². The molecule has 100 valence electrons. The molecule has 3 rings (SSSR count). The van der Waals surface area contributed by atoms with Gasteiger partial charge in [0, 0.05) is 18.2 Å². The first-order valence-corrected chi connectivity index (χ1v) is 6.91. The molecule has 3 heteroatoms. The Hall–Kier alpha value is -1.77. The Balaban J connectivity index is 1.97. The van der Waals surface area contributed by atoms with Crippen LogP contribution in [0, 0.1) is 6.92 Å². The third-order valence-electron chi connectivity index (χ3n) is 4.34. The topological polar surface area (TPSA) is 35.1 Å². The van der Waals surface area contributed by atoms with Crippen LogP contribution < -0.4 is 5.76 Å². The van der Waals surface area contributed by atoms with Crippen molar-refractivity contribution in [2.24, 2.45) is 0 Å². The number of hydrogen-bond acceptors (Lipinski definition) is 2. The van der Waals surface area contributed by atoms with Crippen molar-refractivity contribution in [3.63, 3.8) is 0 Å². The monoisotopic (exact) mass is 257 g/mol. The lowest BCUT2D eigenvalue weighted by Gasteiger charge is -2.29. The van der Waals surface area contributed by atoms with Crippen LogP contribution in [0.15, 0.2) is 45.9 Å².